The van der Waals surface area contributed by atoms with Crippen LogP contribution >= 0.6 is 39.1 Å². The fourth-order valence-electron chi connectivity index (χ4n) is 1.70. The first-order chi connectivity index (χ1) is 9.40. The fourth-order valence-corrected chi connectivity index (χ4v) is 2.62. The van der Waals surface area contributed by atoms with Crippen molar-refractivity contribution in [3.63, 3.8) is 0 Å². The third-order valence-electron chi connectivity index (χ3n) is 2.76. The molecule has 0 aliphatic rings. The zero-order valence-corrected chi connectivity index (χ0v) is 13.4. The van der Waals surface area contributed by atoms with Crippen LogP contribution in [0.4, 0.5) is 10.1 Å². The summed E-state index contributed by atoms with van der Waals surface area (Å²) in [6, 6.07) is 7.46. The lowest BCUT2D eigenvalue weighted by molar-refractivity contribution is 0.102. The van der Waals surface area contributed by atoms with Crippen molar-refractivity contribution < 1.29 is 9.18 Å². The Morgan fingerprint density at radius 3 is 2.45 bits per heavy atom. The molecule has 2 rings (SSSR count). The molecule has 0 saturated heterocycles. The number of nitrogens with one attached hydrogen (secondary N) is 1. The number of carbonyl (C=O) groups excluding carboxylic acids is 1. The van der Waals surface area contributed by atoms with E-state index in [0.717, 1.165) is 22.2 Å². The van der Waals surface area contributed by atoms with Crippen LogP contribution in [0.2, 0.25) is 10.0 Å². The van der Waals surface area contributed by atoms with E-state index in [2.05, 4.69) is 21.2 Å². The van der Waals surface area contributed by atoms with Crippen molar-refractivity contribution in [2.45, 2.75) is 6.92 Å². The molecule has 0 aliphatic carbocycles. The Balaban J connectivity index is 2.36. The predicted octanol–water partition coefficient (Wildman–Crippen LogP) is 5.46. The molecule has 1 amide bonds. The number of rotatable bonds is 2. The monoisotopic (exact) mass is 375 g/mol. The SMILES string of the molecule is Cc1c(Br)cccc1C(=O)Nc1c(Cl)cc(F)cc1Cl. The number of benzene rings is 2. The van der Waals surface area contributed by atoms with Crippen molar-refractivity contribution >= 4 is 50.7 Å². The molecule has 1 N–H and O–H groups in total. The summed E-state index contributed by atoms with van der Waals surface area (Å²) in [4.78, 5) is 12.2. The molecule has 6 heteroatoms. The van der Waals surface area contributed by atoms with Gasteiger partial charge in [0.2, 0.25) is 0 Å². The molecule has 0 spiro atoms. The van der Waals surface area contributed by atoms with Gasteiger partial charge in [0, 0.05) is 10.0 Å². The molecule has 104 valence electrons. The molecule has 0 saturated carbocycles. The lowest BCUT2D eigenvalue weighted by Crippen LogP contribution is -2.14. The van der Waals surface area contributed by atoms with Crippen molar-refractivity contribution in [1.29, 1.82) is 0 Å². The molecule has 20 heavy (non-hydrogen) atoms. The van der Waals surface area contributed by atoms with E-state index in [4.69, 9.17) is 23.2 Å². The summed E-state index contributed by atoms with van der Waals surface area (Å²) in [5.74, 6) is -0.921. The molecule has 0 aliphatic heterocycles. The smallest absolute Gasteiger partial charge is 0.256 e. The third-order valence-corrected chi connectivity index (χ3v) is 4.21. The normalized spacial score (nSPS) is 10.4. The minimum atomic E-state index is -0.559. The molecule has 2 aromatic carbocycles. The van der Waals surface area contributed by atoms with Crippen molar-refractivity contribution in [2.75, 3.05) is 5.32 Å². The number of carbonyl (C=O) groups is 1. The Morgan fingerprint density at radius 1 is 1.25 bits per heavy atom. The van der Waals surface area contributed by atoms with Crippen LogP contribution in [0.3, 0.4) is 0 Å². The number of amides is 1. The summed E-state index contributed by atoms with van der Waals surface area (Å²) in [5, 5.41) is 2.70. The number of halogens is 4. The van der Waals surface area contributed by atoms with Gasteiger partial charge in [-0.2, -0.15) is 0 Å². The van der Waals surface area contributed by atoms with Crippen LogP contribution in [0, 0.1) is 12.7 Å². The van der Waals surface area contributed by atoms with E-state index in [9.17, 15) is 9.18 Å². The van der Waals surface area contributed by atoms with Crippen molar-refractivity contribution in [3.05, 3.63) is 61.8 Å². The van der Waals surface area contributed by atoms with E-state index in [-0.39, 0.29) is 21.6 Å². The molecule has 0 atom stereocenters. The maximum atomic E-state index is 13.1. The van der Waals surface area contributed by atoms with Gasteiger partial charge in [0.25, 0.3) is 5.91 Å². The Morgan fingerprint density at radius 2 is 1.85 bits per heavy atom. The summed E-state index contributed by atoms with van der Waals surface area (Å²) in [6.45, 7) is 1.81. The van der Waals surface area contributed by atoms with Gasteiger partial charge < -0.3 is 5.32 Å². The molecule has 0 radical (unpaired) electrons. The summed E-state index contributed by atoms with van der Waals surface area (Å²) >= 11 is 15.1. The topological polar surface area (TPSA) is 29.1 Å². The van der Waals surface area contributed by atoms with Gasteiger partial charge in [0.05, 0.1) is 15.7 Å². The lowest BCUT2D eigenvalue weighted by Gasteiger charge is -2.11. The van der Waals surface area contributed by atoms with Crippen molar-refractivity contribution in [3.8, 4) is 0 Å². The van der Waals surface area contributed by atoms with Gasteiger partial charge >= 0.3 is 0 Å². The molecule has 0 aromatic heterocycles. The summed E-state index contributed by atoms with van der Waals surface area (Å²) in [5.41, 5.74) is 1.47. The van der Waals surface area contributed by atoms with E-state index in [0.29, 0.717) is 5.56 Å². The van der Waals surface area contributed by atoms with Gasteiger partial charge in [-0.05, 0) is 36.8 Å². The Hall–Kier alpha value is -1.10. The van der Waals surface area contributed by atoms with E-state index in [1.54, 1.807) is 12.1 Å². The summed E-state index contributed by atoms with van der Waals surface area (Å²) in [6.07, 6.45) is 0. The second kappa shape index (κ2) is 6.12. The molecule has 2 aromatic rings. The molecule has 0 unspecified atom stereocenters. The molecular weight excluding hydrogens is 368 g/mol. The average Bonchev–Trinajstić information content (AvgIpc) is 2.36. The number of hydrogen-bond acceptors (Lipinski definition) is 1. The largest absolute Gasteiger partial charge is 0.319 e. The highest BCUT2D eigenvalue weighted by Crippen LogP contribution is 2.32. The molecular formula is C14H9BrCl2FNO. The second-order valence-electron chi connectivity index (χ2n) is 4.11. The Labute approximate surface area is 134 Å². The first-order valence-electron chi connectivity index (χ1n) is 5.61. The maximum absolute atomic E-state index is 13.1. The minimum absolute atomic E-state index is 0.0519. The lowest BCUT2D eigenvalue weighted by atomic mass is 10.1. The van der Waals surface area contributed by atoms with Crippen LogP contribution in [0.1, 0.15) is 15.9 Å². The van der Waals surface area contributed by atoms with Crippen molar-refractivity contribution in [2.24, 2.45) is 0 Å². The van der Waals surface area contributed by atoms with Crippen LogP contribution in [-0.2, 0) is 0 Å². The molecule has 0 heterocycles. The molecule has 0 bridgehead atoms. The van der Waals surface area contributed by atoms with Crippen LogP contribution in [0.25, 0.3) is 0 Å². The third kappa shape index (κ3) is 3.14. The first-order valence-corrected chi connectivity index (χ1v) is 7.16. The average molecular weight is 377 g/mol. The van der Waals surface area contributed by atoms with E-state index in [1.165, 1.54) is 0 Å². The zero-order valence-electron chi connectivity index (χ0n) is 10.3. The van der Waals surface area contributed by atoms with Crippen LogP contribution in [0.15, 0.2) is 34.8 Å². The van der Waals surface area contributed by atoms with Crippen LogP contribution < -0.4 is 5.32 Å². The minimum Gasteiger partial charge on any atom is -0.319 e. The Kier molecular flexibility index (Phi) is 4.68. The van der Waals surface area contributed by atoms with Gasteiger partial charge in [-0.25, -0.2) is 4.39 Å². The summed E-state index contributed by atoms with van der Waals surface area (Å²) < 4.78 is 13.9. The highest BCUT2D eigenvalue weighted by atomic mass is 79.9. The summed E-state index contributed by atoms with van der Waals surface area (Å²) in [7, 11) is 0. The maximum Gasteiger partial charge on any atom is 0.256 e. The van der Waals surface area contributed by atoms with E-state index >= 15 is 0 Å². The van der Waals surface area contributed by atoms with Gasteiger partial charge in [-0.1, -0.05) is 45.2 Å². The number of anilines is 1. The van der Waals surface area contributed by atoms with E-state index in [1.807, 2.05) is 13.0 Å². The predicted molar refractivity (Wildman–Crippen MR) is 83.3 cm³/mol. The standard InChI is InChI=1S/C14H9BrCl2FNO/c1-7-9(3-2-4-10(7)15)14(20)19-13-11(16)5-8(18)6-12(13)17/h2-6H,1H3,(H,19,20). The van der Waals surface area contributed by atoms with Crippen LogP contribution in [-0.4, -0.2) is 5.91 Å². The van der Waals surface area contributed by atoms with Crippen LogP contribution in [0.5, 0.6) is 0 Å². The fraction of sp³-hybridized carbons (Fsp3) is 0.0714. The highest BCUT2D eigenvalue weighted by molar-refractivity contribution is 9.10. The van der Waals surface area contributed by atoms with Gasteiger partial charge in [-0.3, -0.25) is 4.79 Å². The van der Waals surface area contributed by atoms with Gasteiger partial charge in [-0.15, -0.1) is 0 Å². The quantitative estimate of drug-likeness (QED) is 0.741. The first kappa shape index (κ1) is 15.3. The molecule has 2 nitrogen and oxygen atoms in total. The van der Waals surface area contributed by atoms with Gasteiger partial charge in [0.1, 0.15) is 5.82 Å². The second-order valence-corrected chi connectivity index (χ2v) is 5.78. The number of hydrogen-bond donors (Lipinski definition) is 1. The molecule has 0 fully saturated rings. The Bertz CT molecular complexity index is 668. The zero-order chi connectivity index (χ0) is 14.9. The van der Waals surface area contributed by atoms with E-state index < -0.39 is 5.82 Å². The van der Waals surface area contributed by atoms with Crippen molar-refractivity contribution in [1.82, 2.24) is 0 Å². The van der Waals surface area contributed by atoms with Gasteiger partial charge in [0.15, 0.2) is 0 Å². The highest BCUT2D eigenvalue weighted by Gasteiger charge is 2.15.